The highest BCUT2D eigenvalue weighted by atomic mass is 16.6. The van der Waals surface area contributed by atoms with Crippen molar-refractivity contribution in [1.29, 1.82) is 0 Å². The first-order valence-corrected chi connectivity index (χ1v) is 18.3. The van der Waals surface area contributed by atoms with Crippen molar-refractivity contribution in [1.82, 2.24) is 0 Å². The lowest BCUT2D eigenvalue weighted by Gasteiger charge is -2.70. The van der Waals surface area contributed by atoms with E-state index in [9.17, 15) is 24.0 Å². The van der Waals surface area contributed by atoms with E-state index in [-0.39, 0.29) is 53.2 Å². The Bertz CT molecular complexity index is 1610. The Kier molecular flexibility index (Phi) is 9.05. The second-order valence-electron chi connectivity index (χ2n) is 17.5. The van der Waals surface area contributed by atoms with Crippen LogP contribution in [-0.2, 0) is 38.1 Å². The summed E-state index contributed by atoms with van der Waals surface area (Å²) in [6, 6.07) is 8.90. The topological polar surface area (TPSA) is 122 Å². The van der Waals surface area contributed by atoms with Crippen molar-refractivity contribution in [3.8, 4) is 0 Å². The molecular weight excluding hydrogens is 636 g/mol. The molecule has 0 radical (unpaired) electrons. The minimum atomic E-state index is -1.15. The number of hydrogen-bond donors (Lipinski definition) is 0. The lowest BCUT2D eigenvalue weighted by atomic mass is 9.36. The van der Waals surface area contributed by atoms with Gasteiger partial charge < -0.3 is 18.9 Å². The van der Waals surface area contributed by atoms with Gasteiger partial charge in [-0.1, -0.05) is 64.5 Å². The minimum Gasteiger partial charge on any atom is -0.462 e. The Morgan fingerprint density at radius 3 is 2.08 bits per heavy atom. The SMILES string of the molecule is CC(=O)O[C@H]1C[C@@H](OC(=O)c2ccccc2)C(C)(C)[C@@H]2C[C@@H](OC(C)=O)[C@@]3(C)C4=CC[C@@H]([C@H]5COC(C)(C)C(=O)C(=O)C5)[C@]4(C)CC[C@@H]3[C@@]12C. The number of rotatable bonds is 5. The van der Waals surface area contributed by atoms with Gasteiger partial charge in [0, 0.05) is 42.9 Å². The summed E-state index contributed by atoms with van der Waals surface area (Å²) >= 11 is 0. The van der Waals surface area contributed by atoms with Crippen molar-refractivity contribution in [3.63, 3.8) is 0 Å². The monoisotopic (exact) mass is 690 g/mol. The van der Waals surface area contributed by atoms with E-state index in [1.165, 1.54) is 19.4 Å². The highest BCUT2D eigenvalue weighted by Crippen LogP contribution is 2.74. The molecule has 0 N–H and O–H groups in total. The lowest BCUT2D eigenvalue weighted by Crippen LogP contribution is -2.70. The molecule has 6 rings (SSSR count). The zero-order valence-electron chi connectivity index (χ0n) is 31.1. The number of ketones is 2. The average Bonchev–Trinajstić information content (AvgIpc) is 3.35. The fraction of sp³-hybridized carbons (Fsp3) is 0.683. The largest absolute Gasteiger partial charge is 0.462 e. The first-order chi connectivity index (χ1) is 23.3. The Hall–Kier alpha value is -3.33. The van der Waals surface area contributed by atoms with Crippen LogP contribution in [0.2, 0.25) is 0 Å². The molecule has 1 aliphatic heterocycles. The van der Waals surface area contributed by atoms with Gasteiger partial charge in [0.05, 0.1) is 12.2 Å². The van der Waals surface area contributed by atoms with E-state index in [1.54, 1.807) is 38.1 Å². The number of ether oxygens (including phenoxy) is 4. The first kappa shape index (κ1) is 36.5. The smallest absolute Gasteiger partial charge is 0.338 e. The molecule has 9 nitrogen and oxygen atoms in total. The van der Waals surface area contributed by atoms with Crippen LogP contribution in [0.4, 0.5) is 0 Å². The van der Waals surface area contributed by atoms with Crippen LogP contribution in [-0.4, -0.2) is 60.0 Å². The van der Waals surface area contributed by atoms with Crippen LogP contribution in [0.5, 0.6) is 0 Å². The molecule has 272 valence electrons. The molecule has 0 unspecified atom stereocenters. The van der Waals surface area contributed by atoms with Crippen LogP contribution < -0.4 is 0 Å². The number of carbonyl (C=O) groups excluding carboxylic acids is 5. The Morgan fingerprint density at radius 1 is 0.800 bits per heavy atom. The average molecular weight is 691 g/mol. The Balaban J connectivity index is 1.40. The molecule has 4 fully saturated rings. The molecule has 5 aliphatic rings. The van der Waals surface area contributed by atoms with Gasteiger partial charge in [-0.2, -0.15) is 0 Å². The summed E-state index contributed by atoms with van der Waals surface area (Å²) in [6.45, 7) is 17.5. The highest BCUT2D eigenvalue weighted by molar-refractivity contribution is 6.40. The third-order valence-corrected chi connectivity index (χ3v) is 14.1. The molecule has 4 aliphatic carbocycles. The van der Waals surface area contributed by atoms with Crippen LogP contribution in [0.25, 0.3) is 0 Å². The second kappa shape index (κ2) is 12.4. The van der Waals surface area contributed by atoms with Crippen molar-refractivity contribution in [2.45, 2.75) is 125 Å². The van der Waals surface area contributed by atoms with Crippen molar-refractivity contribution >= 4 is 29.5 Å². The maximum absolute atomic E-state index is 13.4. The molecule has 0 aromatic heterocycles. The van der Waals surface area contributed by atoms with Crippen molar-refractivity contribution in [2.75, 3.05) is 6.61 Å². The van der Waals surface area contributed by atoms with Gasteiger partial charge in [0.2, 0.25) is 11.6 Å². The normalized spacial score (nSPS) is 40.3. The van der Waals surface area contributed by atoms with Gasteiger partial charge >= 0.3 is 17.9 Å². The molecule has 10 atom stereocenters. The summed E-state index contributed by atoms with van der Waals surface area (Å²) in [5.41, 5.74) is -1.51. The van der Waals surface area contributed by atoms with Crippen molar-refractivity contribution < 1.29 is 42.9 Å². The number of benzene rings is 1. The van der Waals surface area contributed by atoms with Crippen molar-refractivity contribution in [3.05, 3.63) is 47.5 Å². The van der Waals surface area contributed by atoms with Crippen LogP contribution in [0.15, 0.2) is 42.0 Å². The molecular formula is C41H54O9. The molecule has 50 heavy (non-hydrogen) atoms. The molecule has 1 aromatic rings. The Morgan fingerprint density at radius 2 is 1.44 bits per heavy atom. The number of fused-ring (bicyclic) bond motifs is 5. The summed E-state index contributed by atoms with van der Waals surface area (Å²) < 4.78 is 25.0. The van der Waals surface area contributed by atoms with Gasteiger partial charge in [0.1, 0.15) is 23.9 Å². The molecule has 0 bridgehead atoms. The highest BCUT2D eigenvalue weighted by Gasteiger charge is 2.72. The van der Waals surface area contributed by atoms with Gasteiger partial charge in [-0.3, -0.25) is 19.2 Å². The van der Waals surface area contributed by atoms with E-state index < -0.39 is 51.9 Å². The number of carbonyl (C=O) groups is 5. The van der Waals surface area contributed by atoms with Crippen LogP contribution in [0.1, 0.15) is 111 Å². The van der Waals surface area contributed by atoms with Gasteiger partial charge in [0.15, 0.2) is 0 Å². The summed E-state index contributed by atoms with van der Waals surface area (Å²) in [5.74, 6) is -2.26. The fourth-order valence-electron chi connectivity index (χ4n) is 11.7. The molecule has 1 saturated heterocycles. The molecule has 1 heterocycles. The Labute approximate surface area is 296 Å². The molecule has 1 aromatic carbocycles. The summed E-state index contributed by atoms with van der Waals surface area (Å²) in [5, 5.41) is 0. The number of allylic oxidation sites excluding steroid dienone is 1. The number of hydrogen-bond acceptors (Lipinski definition) is 9. The zero-order valence-corrected chi connectivity index (χ0v) is 31.1. The summed E-state index contributed by atoms with van der Waals surface area (Å²) in [4.78, 5) is 65.1. The zero-order chi connectivity index (χ0) is 36.6. The molecule has 0 spiro atoms. The summed E-state index contributed by atoms with van der Waals surface area (Å²) in [6.07, 6.45) is 4.06. The molecule has 0 amide bonds. The van der Waals surface area contributed by atoms with Gasteiger partial charge in [-0.25, -0.2) is 4.79 Å². The standard InChI is InChI=1S/C41H54O9/c1-23(42)48-33-20-31-37(3,4)32(50-36(46)25-13-11-10-12-14-25)21-34(49-24(2)43)41(31,9)30-17-18-39(7)27(15-16-29(39)40(30,33)8)26-19-28(44)35(45)38(5,6)47-22-26/h10-14,16,26-27,30-34H,15,17-22H2,1-9H3/t26-,27+,30+,31+,32-,33-,34+,39+,40+,41-/m1/s1. The fourth-order valence-corrected chi connectivity index (χ4v) is 11.7. The van der Waals surface area contributed by atoms with Crippen LogP contribution in [0, 0.1) is 45.3 Å². The van der Waals surface area contributed by atoms with Crippen LogP contribution >= 0.6 is 0 Å². The van der Waals surface area contributed by atoms with Crippen molar-refractivity contribution in [2.24, 2.45) is 45.3 Å². The number of Topliss-reactive ketones (excluding diaryl/α,β-unsaturated/α-hetero) is 2. The third kappa shape index (κ3) is 5.57. The summed E-state index contributed by atoms with van der Waals surface area (Å²) in [7, 11) is 0. The lowest BCUT2D eigenvalue weighted by molar-refractivity contribution is -0.259. The van der Waals surface area contributed by atoms with E-state index in [4.69, 9.17) is 18.9 Å². The molecule has 9 heteroatoms. The third-order valence-electron chi connectivity index (χ3n) is 14.1. The minimum absolute atomic E-state index is 0.0434. The first-order valence-electron chi connectivity index (χ1n) is 18.3. The number of esters is 3. The maximum atomic E-state index is 13.4. The maximum Gasteiger partial charge on any atom is 0.338 e. The predicted molar refractivity (Wildman–Crippen MR) is 185 cm³/mol. The van der Waals surface area contributed by atoms with E-state index >= 15 is 0 Å². The van der Waals surface area contributed by atoms with Gasteiger partial charge in [-0.05, 0) is 80.8 Å². The van der Waals surface area contributed by atoms with Gasteiger partial charge in [0.25, 0.3) is 0 Å². The predicted octanol–water partition coefficient (Wildman–Crippen LogP) is 6.85. The van der Waals surface area contributed by atoms with E-state index in [1.807, 2.05) is 6.07 Å². The molecule has 3 saturated carbocycles. The van der Waals surface area contributed by atoms with E-state index in [0.717, 1.165) is 19.3 Å². The second-order valence-corrected chi connectivity index (χ2v) is 17.5. The van der Waals surface area contributed by atoms with Crippen LogP contribution in [0.3, 0.4) is 0 Å². The van der Waals surface area contributed by atoms with Gasteiger partial charge in [-0.15, -0.1) is 0 Å². The van der Waals surface area contributed by atoms with E-state index in [2.05, 4.69) is 40.7 Å². The van der Waals surface area contributed by atoms with E-state index in [0.29, 0.717) is 25.0 Å². The quantitative estimate of drug-likeness (QED) is 0.141.